The second-order valence-electron chi connectivity index (χ2n) is 4.57. The minimum Gasteiger partial charge on any atom is -0.439 e. The number of nitrogens with one attached hydrogen (secondary N) is 1. The molecule has 0 fully saturated rings. The van der Waals surface area contributed by atoms with Gasteiger partial charge in [-0.2, -0.15) is 0 Å². The van der Waals surface area contributed by atoms with Gasteiger partial charge in [0.15, 0.2) is 0 Å². The molecule has 0 bridgehead atoms. The maximum Gasteiger partial charge on any atom is 0.224 e. The van der Waals surface area contributed by atoms with Gasteiger partial charge in [0.05, 0.1) is 5.02 Å². The van der Waals surface area contributed by atoms with Crippen molar-refractivity contribution >= 4 is 11.6 Å². The first-order valence-corrected chi connectivity index (χ1v) is 6.63. The molecule has 20 heavy (non-hydrogen) atoms. The van der Waals surface area contributed by atoms with Crippen LogP contribution in [0.5, 0.6) is 11.6 Å². The van der Waals surface area contributed by atoms with Gasteiger partial charge in [0.25, 0.3) is 0 Å². The van der Waals surface area contributed by atoms with Crippen molar-refractivity contribution in [1.29, 1.82) is 0 Å². The molecule has 0 unspecified atom stereocenters. The van der Waals surface area contributed by atoms with Gasteiger partial charge in [-0.1, -0.05) is 11.6 Å². The van der Waals surface area contributed by atoms with Crippen LogP contribution in [0, 0.1) is 19.7 Å². The third-order valence-electron chi connectivity index (χ3n) is 2.90. The number of pyridine rings is 1. The molecule has 106 valence electrons. The van der Waals surface area contributed by atoms with E-state index in [1.54, 1.807) is 0 Å². The molecule has 1 heterocycles. The number of rotatable bonds is 4. The van der Waals surface area contributed by atoms with Gasteiger partial charge in [0.1, 0.15) is 11.6 Å². The van der Waals surface area contributed by atoms with E-state index in [1.165, 1.54) is 18.2 Å². The lowest BCUT2D eigenvalue weighted by Crippen LogP contribution is -2.09. The summed E-state index contributed by atoms with van der Waals surface area (Å²) in [5.74, 6) is 0.508. The highest BCUT2D eigenvalue weighted by molar-refractivity contribution is 6.30. The van der Waals surface area contributed by atoms with Crippen LogP contribution in [0.25, 0.3) is 0 Å². The fourth-order valence-electron chi connectivity index (χ4n) is 1.96. The fourth-order valence-corrected chi connectivity index (χ4v) is 2.13. The molecular weight excluding hydrogens is 279 g/mol. The maximum atomic E-state index is 13.2. The molecule has 0 radical (unpaired) electrons. The van der Waals surface area contributed by atoms with Gasteiger partial charge in [-0.25, -0.2) is 9.37 Å². The van der Waals surface area contributed by atoms with Gasteiger partial charge in [-0.3, -0.25) is 0 Å². The largest absolute Gasteiger partial charge is 0.439 e. The smallest absolute Gasteiger partial charge is 0.224 e. The number of aromatic nitrogens is 1. The van der Waals surface area contributed by atoms with E-state index in [1.807, 2.05) is 27.0 Å². The van der Waals surface area contributed by atoms with Gasteiger partial charge in [0, 0.05) is 23.9 Å². The molecule has 3 nitrogen and oxygen atoms in total. The molecule has 1 N–H and O–H groups in total. The predicted octanol–water partition coefficient (Wildman–Crippen LogP) is 4.00. The molecule has 0 aliphatic rings. The van der Waals surface area contributed by atoms with E-state index in [4.69, 9.17) is 16.3 Å². The van der Waals surface area contributed by atoms with Crippen molar-refractivity contribution in [3.05, 3.63) is 51.9 Å². The van der Waals surface area contributed by atoms with Gasteiger partial charge >= 0.3 is 0 Å². The fraction of sp³-hybridized carbons (Fsp3) is 0.267. The van der Waals surface area contributed by atoms with Crippen molar-refractivity contribution in [2.24, 2.45) is 0 Å². The van der Waals surface area contributed by atoms with E-state index in [0.717, 1.165) is 16.8 Å². The highest BCUT2D eigenvalue weighted by Crippen LogP contribution is 2.29. The highest BCUT2D eigenvalue weighted by atomic mass is 35.5. The van der Waals surface area contributed by atoms with Crippen molar-refractivity contribution in [1.82, 2.24) is 10.3 Å². The molecular formula is C15H16ClFN2O. The lowest BCUT2D eigenvalue weighted by molar-refractivity contribution is 0.451. The van der Waals surface area contributed by atoms with Crippen LogP contribution in [0.15, 0.2) is 24.3 Å². The minimum atomic E-state index is -0.470. The van der Waals surface area contributed by atoms with Gasteiger partial charge in [-0.15, -0.1) is 0 Å². The number of aryl methyl sites for hydroxylation is 2. The summed E-state index contributed by atoms with van der Waals surface area (Å²) in [6.07, 6.45) is 0. The first-order chi connectivity index (χ1) is 9.51. The zero-order chi connectivity index (χ0) is 14.7. The molecule has 0 atom stereocenters. The van der Waals surface area contributed by atoms with Gasteiger partial charge in [0.2, 0.25) is 5.88 Å². The Kier molecular flexibility index (Phi) is 4.57. The van der Waals surface area contributed by atoms with Crippen molar-refractivity contribution in [3.63, 3.8) is 0 Å². The van der Waals surface area contributed by atoms with E-state index in [-0.39, 0.29) is 5.02 Å². The summed E-state index contributed by atoms with van der Waals surface area (Å²) in [6, 6.07) is 6.25. The first kappa shape index (κ1) is 14.8. The number of benzene rings is 1. The molecule has 0 spiro atoms. The Labute approximate surface area is 122 Å². The number of nitrogens with zero attached hydrogens (tertiary/aromatic N) is 1. The molecule has 2 aromatic rings. The Hall–Kier alpha value is -1.65. The summed E-state index contributed by atoms with van der Waals surface area (Å²) in [4.78, 5) is 4.40. The first-order valence-electron chi connectivity index (χ1n) is 6.26. The Morgan fingerprint density at radius 1 is 1.30 bits per heavy atom. The number of hydrogen-bond acceptors (Lipinski definition) is 3. The number of hydrogen-bond donors (Lipinski definition) is 1. The van der Waals surface area contributed by atoms with E-state index < -0.39 is 5.82 Å². The summed E-state index contributed by atoms with van der Waals surface area (Å²) < 4.78 is 18.9. The second kappa shape index (κ2) is 6.20. The number of halogens is 2. The highest BCUT2D eigenvalue weighted by Gasteiger charge is 2.11. The van der Waals surface area contributed by atoms with Crippen LogP contribution >= 0.6 is 11.6 Å². The third kappa shape index (κ3) is 3.26. The van der Waals surface area contributed by atoms with E-state index in [9.17, 15) is 4.39 Å². The SMILES string of the molecule is CNCc1c(C)cc(C)nc1Oc1ccc(F)c(Cl)c1. The van der Waals surface area contributed by atoms with Crippen LogP contribution < -0.4 is 10.1 Å². The van der Waals surface area contributed by atoms with Crippen LogP contribution in [0.2, 0.25) is 5.02 Å². The maximum absolute atomic E-state index is 13.2. The van der Waals surface area contributed by atoms with Crippen LogP contribution in [0.4, 0.5) is 4.39 Å². The summed E-state index contributed by atoms with van der Waals surface area (Å²) in [6.45, 7) is 4.55. The van der Waals surface area contributed by atoms with Gasteiger partial charge in [-0.05, 0) is 44.7 Å². The van der Waals surface area contributed by atoms with E-state index in [0.29, 0.717) is 18.2 Å². The predicted molar refractivity (Wildman–Crippen MR) is 78.0 cm³/mol. The molecule has 0 saturated carbocycles. The molecule has 0 saturated heterocycles. The quantitative estimate of drug-likeness (QED) is 0.925. The monoisotopic (exact) mass is 294 g/mol. The summed E-state index contributed by atoms with van der Waals surface area (Å²) in [7, 11) is 1.86. The zero-order valence-electron chi connectivity index (χ0n) is 11.6. The van der Waals surface area contributed by atoms with Crippen LogP contribution in [-0.2, 0) is 6.54 Å². The third-order valence-corrected chi connectivity index (χ3v) is 3.19. The average molecular weight is 295 g/mol. The van der Waals surface area contributed by atoms with E-state index in [2.05, 4.69) is 10.3 Å². The Bertz CT molecular complexity index is 632. The molecule has 2 rings (SSSR count). The van der Waals surface area contributed by atoms with Crippen molar-refractivity contribution in [2.75, 3.05) is 7.05 Å². The minimum absolute atomic E-state index is 0.0297. The topological polar surface area (TPSA) is 34.2 Å². The van der Waals surface area contributed by atoms with Gasteiger partial charge < -0.3 is 10.1 Å². The molecule has 5 heteroatoms. The summed E-state index contributed by atoms with van der Waals surface area (Å²) >= 11 is 5.76. The average Bonchev–Trinajstić information content (AvgIpc) is 2.38. The lowest BCUT2D eigenvalue weighted by atomic mass is 10.1. The number of ether oxygens (including phenoxy) is 1. The summed E-state index contributed by atoms with van der Waals surface area (Å²) in [5, 5.41) is 3.11. The molecule has 1 aromatic carbocycles. The van der Waals surface area contributed by atoms with Crippen molar-refractivity contribution in [3.8, 4) is 11.6 Å². The van der Waals surface area contributed by atoms with E-state index >= 15 is 0 Å². The Balaban J connectivity index is 2.38. The van der Waals surface area contributed by atoms with Crippen LogP contribution in [0.1, 0.15) is 16.8 Å². The Morgan fingerprint density at radius 2 is 2.05 bits per heavy atom. The van der Waals surface area contributed by atoms with Crippen molar-refractivity contribution < 1.29 is 9.13 Å². The van der Waals surface area contributed by atoms with Crippen LogP contribution in [-0.4, -0.2) is 12.0 Å². The lowest BCUT2D eigenvalue weighted by Gasteiger charge is -2.13. The molecule has 0 aliphatic carbocycles. The molecule has 0 aliphatic heterocycles. The molecule has 1 aromatic heterocycles. The molecule has 0 amide bonds. The van der Waals surface area contributed by atoms with Crippen molar-refractivity contribution in [2.45, 2.75) is 20.4 Å². The van der Waals surface area contributed by atoms with Crippen LogP contribution in [0.3, 0.4) is 0 Å². The standard InChI is InChI=1S/C15H16ClFN2O/c1-9-6-10(2)19-15(12(9)8-18-3)20-11-4-5-14(17)13(16)7-11/h4-7,18H,8H2,1-3H3. The zero-order valence-corrected chi connectivity index (χ0v) is 12.4. The summed E-state index contributed by atoms with van der Waals surface area (Å²) in [5.41, 5.74) is 2.93. The normalized spacial score (nSPS) is 10.7. The second-order valence-corrected chi connectivity index (χ2v) is 4.98. The Morgan fingerprint density at radius 3 is 2.70 bits per heavy atom.